The summed E-state index contributed by atoms with van der Waals surface area (Å²) in [4.78, 5) is 1.90. The molecule has 0 aliphatic carbocycles. The number of para-hydroxylation sites is 1. The van der Waals surface area contributed by atoms with Gasteiger partial charge in [-0.25, -0.2) is 8.42 Å². The van der Waals surface area contributed by atoms with Crippen molar-refractivity contribution in [2.45, 2.75) is 22.3 Å². The number of hydrogen-bond donors (Lipinski definition) is 0. The maximum absolute atomic E-state index is 14.0. The molecule has 0 fully saturated rings. The van der Waals surface area contributed by atoms with Crippen LogP contribution in [0.25, 0.3) is 33.4 Å². The van der Waals surface area contributed by atoms with E-state index in [0.29, 0.717) is 22.4 Å². The number of benzene rings is 6. The van der Waals surface area contributed by atoms with E-state index in [1.807, 2.05) is 78.9 Å². The molecule has 8 aromatic rings. The molecule has 2 heterocycles. The first-order valence-electron chi connectivity index (χ1n) is 16.4. The normalized spacial score (nSPS) is 11.9. The van der Waals surface area contributed by atoms with Crippen LogP contribution in [0.1, 0.15) is 22.4 Å². The summed E-state index contributed by atoms with van der Waals surface area (Å²) in [5, 5.41) is 27.5. The summed E-state index contributed by atoms with van der Waals surface area (Å²) >= 11 is 0. The highest BCUT2D eigenvalue weighted by molar-refractivity contribution is 7.91. The molecular formula is C42H31N5O3S. The van der Waals surface area contributed by atoms with E-state index in [1.165, 1.54) is 6.07 Å². The molecule has 0 bridgehead atoms. The zero-order valence-corrected chi connectivity index (χ0v) is 28.4. The van der Waals surface area contributed by atoms with Crippen LogP contribution in [0.3, 0.4) is 0 Å². The van der Waals surface area contributed by atoms with E-state index in [2.05, 4.69) is 41.5 Å². The second kappa shape index (κ2) is 12.8. The number of fused-ring (bicyclic) bond motifs is 1. The van der Waals surface area contributed by atoms with Crippen molar-refractivity contribution in [2.75, 3.05) is 0 Å². The van der Waals surface area contributed by atoms with Gasteiger partial charge in [-0.05, 0) is 51.2 Å². The van der Waals surface area contributed by atoms with Crippen molar-refractivity contribution in [2.24, 2.45) is 0 Å². The van der Waals surface area contributed by atoms with E-state index in [0.717, 1.165) is 38.1 Å². The van der Waals surface area contributed by atoms with Gasteiger partial charge in [-0.1, -0.05) is 140 Å². The Labute approximate surface area is 295 Å². The third-order valence-electron chi connectivity index (χ3n) is 9.27. The number of aryl methyl sites for hydroxylation is 1. The Hall–Kier alpha value is -6.45. The minimum absolute atomic E-state index is 0.0930. The van der Waals surface area contributed by atoms with Crippen molar-refractivity contribution in [1.29, 1.82) is 0 Å². The van der Waals surface area contributed by atoms with Gasteiger partial charge in [0.2, 0.25) is 21.2 Å². The van der Waals surface area contributed by atoms with Crippen LogP contribution in [0.15, 0.2) is 180 Å². The summed E-state index contributed by atoms with van der Waals surface area (Å²) in [6, 6.07) is 53.1. The van der Waals surface area contributed by atoms with E-state index >= 15 is 0 Å². The molecule has 0 radical (unpaired) electrons. The fourth-order valence-electron chi connectivity index (χ4n) is 6.82. The molecule has 0 saturated heterocycles. The van der Waals surface area contributed by atoms with Crippen LogP contribution in [0, 0.1) is 12.1 Å². The van der Waals surface area contributed by atoms with Gasteiger partial charge in [0.25, 0.3) is 0 Å². The number of nitrogens with zero attached hydrogens (tertiary/aromatic N) is 5. The molecule has 0 spiro atoms. The molecule has 0 aliphatic heterocycles. The predicted molar refractivity (Wildman–Crippen MR) is 196 cm³/mol. The van der Waals surface area contributed by atoms with Crippen LogP contribution in [-0.4, -0.2) is 28.6 Å². The molecule has 8 nitrogen and oxygen atoms in total. The summed E-state index contributed by atoms with van der Waals surface area (Å²) in [6.45, 7) is 1.60. The van der Waals surface area contributed by atoms with Crippen LogP contribution < -0.4 is 4.73 Å². The van der Waals surface area contributed by atoms with Crippen molar-refractivity contribution in [3.8, 4) is 22.5 Å². The van der Waals surface area contributed by atoms with Crippen molar-refractivity contribution < 1.29 is 13.1 Å². The number of aromatic nitrogens is 5. The second-order valence-corrected chi connectivity index (χ2v) is 14.2. The summed E-state index contributed by atoms with van der Waals surface area (Å²) < 4.78 is 28.7. The molecule has 8 rings (SSSR count). The lowest BCUT2D eigenvalue weighted by Gasteiger charge is -2.34. The minimum Gasteiger partial charge on any atom is -0.618 e. The quantitative estimate of drug-likeness (QED) is 0.0920. The molecule has 0 saturated carbocycles. The first-order valence-corrected chi connectivity index (χ1v) is 17.9. The molecule has 248 valence electrons. The zero-order valence-electron chi connectivity index (χ0n) is 27.5. The highest BCUT2D eigenvalue weighted by atomic mass is 32.2. The largest absolute Gasteiger partial charge is 0.618 e. The fourth-order valence-corrected chi connectivity index (χ4v) is 8.35. The molecule has 0 aliphatic rings. The van der Waals surface area contributed by atoms with Crippen LogP contribution in [0.4, 0.5) is 0 Å². The van der Waals surface area contributed by atoms with Crippen molar-refractivity contribution in [3.63, 3.8) is 0 Å². The number of hydrogen-bond acceptors (Lipinski definition) is 6. The summed E-state index contributed by atoms with van der Waals surface area (Å²) in [7, 11) is -3.95. The Bertz CT molecular complexity index is 2510. The monoisotopic (exact) mass is 685 g/mol. The molecule has 2 aromatic heterocycles. The third-order valence-corrected chi connectivity index (χ3v) is 11.1. The summed E-state index contributed by atoms with van der Waals surface area (Å²) in [5.74, 6) is 0.423. The molecule has 6 aromatic carbocycles. The van der Waals surface area contributed by atoms with E-state index in [4.69, 9.17) is 10.3 Å². The van der Waals surface area contributed by atoms with Crippen LogP contribution in [0.2, 0.25) is 0 Å². The number of pyridine rings is 1. The van der Waals surface area contributed by atoms with Gasteiger partial charge in [-0.2, -0.15) is 4.73 Å². The zero-order chi connectivity index (χ0) is 35.0. The van der Waals surface area contributed by atoms with Crippen LogP contribution >= 0.6 is 0 Å². The lowest BCUT2D eigenvalue weighted by atomic mass is 9.77. The summed E-state index contributed by atoms with van der Waals surface area (Å²) in [6.07, 6.45) is 0. The molecular weight excluding hydrogens is 655 g/mol. The molecule has 0 N–H and O–H groups in total. The Balaban J connectivity index is 1.22. The van der Waals surface area contributed by atoms with E-state index in [1.54, 1.807) is 60.3 Å². The van der Waals surface area contributed by atoms with Gasteiger partial charge < -0.3 is 5.21 Å². The van der Waals surface area contributed by atoms with Gasteiger partial charge in [-0.15, -0.1) is 15.0 Å². The minimum atomic E-state index is -3.95. The number of tetrazole rings is 1. The Morgan fingerprint density at radius 3 is 1.73 bits per heavy atom. The predicted octanol–water partition coefficient (Wildman–Crippen LogP) is 7.78. The maximum Gasteiger partial charge on any atom is 0.225 e. The van der Waals surface area contributed by atoms with Gasteiger partial charge in [0.1, 0.15) is 0 Å². The average molecular weight is 686 g/mol. The first-order chi connectivity index (χ1) is 24.9. The molecule has 51 heavy (non-hydrogen) atoms. The fraction of sp³-hybridized carbons (Fsp3) is 0.0476. The van der Waals surface area contributed by atoms with E-state index < -0.39 is 15.4 Å². The van der Waals surface area contributed by atoms with Gasteiger partial charge in [0.05, 0.1) is 15.2 Å². The third kappa shape index (κ3) is 5.35. The summed E-state index contributed by atoms with van der Waals surface area (Å²) in [5.41, 5.74) is 4.95. The topological polar surface area (TPSA) is 105 Å². The highest BCUT2D eigenvalue weighted by Gasteiger charge is 2.41. The number of sulfone groups is 1. The molecule has 0 atom stereocenters. The smallest absolute Gasteiger partial charge is 0.225 e. The average Bonchev–Trinajstić information content (AvgIpc) is 3.68. The standard InChI is InChI=1S/C42H31N5O3S/c1-30-29-40(38-23-13-14-24-39(38)46(30)48)51(49,50)35-27-25-31(26-28-35)36-21-11-12-22-37(36)41-43-45-47(44-41)42(32-15-5-2-6-16-32,33-17-7-3-8-18-33)34-19-9-4-10-20-34/h2-29H,1H3. The molecule has 9 heteroatoms. The SMILES string of the molecule is Cc1cc(S(=O)(=O)c2ccc(-c3ccccc3-c3nnn(C(c4ccccc4)(c4ccccc4)c4ccccc4)n3)cc2)c2ccccc2[n+]1[O-]. The highest BCUT2D eigenvalue weighted by Crippen LogP contribution is 2.40. The Morgan fingerprint density at radius 2 is 1.14 bits per heavy atom. The molecule has 0 amide bonds. The van der Waals surface area contributed by atoms with Crippen molar-refractivity contribution >= 4 is 20.7 Å². The number of rotatable bonds is 8. The Morgan fingerprint density at radius 1 is 0.627 bits per heavy atom. The van der Waals surface area contributed by atoms with Gasteiger partial charge in [0, 0.05) is 24.6 Å². The second-order valence-electron chi connectivity index (χ2n) is 12.2. The maximum atomic E-state index is 14.0. The van der Waals surface area contributed by atoms with E-state index in [9.17, 15) is 13.6 Å². The van der Waals surface area contributed by atoms with Gasteiger partial charge >= 0.3 is 0 Å². The van der Waals surface area contributed by atoms with Crippen LogP contribution in [-0.2, 0) is 15.4 Å². The van der Waals surface area contributed by atoms with E-state index in [-0.39, 0.29) is 9.79 Å². The van der Waals surface area contributed by atoms with Gasteiger partial charge in [0.15, 0.2) is 11.2 Å². The Kier molecular flexibility index (Phi) is 7.97. The van der Waals surface area contributed by atoms with Crippen LogP contribution in [0.5, 0.6) is 0 Å². The lowest BCUT2D eigenvalue weighted by molar-refractivity contribution is -0.584. The molecule has 0 unspecified atom stereocenters. The first kappa shape index (κ1) is 31.8. The van der Waals surface area contributed by atoms with Crippen molar-refractivity contribution in [1.82, 2.24) is 20.2 Å². The lowest BCUT2D eigenvalue weighted by Crippen LogP contribution is -2.39. The van der Waals surface area contributed by atoms with Gasteiger partial charge in [-0.3, -0.25) is 0 Å². The van der Waals surface area contributed by atoms with Crippen molar-refractivity contribution in [3.05, 3.63) is 197 Å².